The first-order valence-electron chi connectivity index (χ1n) is 5.99. The number of benzene rings is 1. The van der Waals surface area contributed by atoms with Crippen molar-refractivity contribution < 1.29 is 13.2 Å². The van der Waals surface area contributed by atoms with Crippen LogP contribution < -0.4 is 4.74 Å². The van der Waals surface area contributed by atoms with Crippen LogP contribution in [-0.2, 0) is 16.3 Å². The lowest BCUT2D eigenvalue weighted by atomic mass is 10.2. The summed E-state index contributed by atoms with van der Waals surface area (Å²) >= 11 is 0. The van der Waals surface area contributed by atoms with Gasteiger partial charge in [-0.3, -0.25) is 0 Å². The summed E-state index contributed by atoms with van der Waals surface area (Å²) in [7, 11) is -2.86. The Hall–Kier alpha value is -1.03. The average molecular weight is 256 g/mol. The van der Waals surface area contributed by atoms with E-state index < -0.39 is 9.84 Å². The van der Waals surface area contributed by atoms with Crippen molar-refractivity contribution in [2.75, 3.05) is 18.1 Å². The third-order valence-electron chi connectivity index (χ3n) is 2.64. The summed E-state index contributed by atoms with van der Waals surface area (Å²) in [6.45, 7) is 4.22. The molecule has 1 rings (SSSR count). The van der Waals surface area contributed by atoms with Crippen molar-refractivity contribution in [3.05, 3.63) is 29.8 Å². The Labute approximate surface area is 104 Å². The lowest BCUT2D eigenvalue weighted by Gasteiger charge is -2.06. The maximum absolute atomic E-state index is 11.2. The fourth-order valence-electron chi connectivity index (χ4n) is 1.43. The van der Waals surface area contributed by atoms with Gasteiger partial charge in [0.2, 0.25) is 0 Å². The van der Waals surface area contributed by atoms with Gasteiger partial charge in [0, 0.05) is 5.75 Å². The van der Waals surface area contributed by atoms with Gasteiger partial charge in [-0.1, -0.05) is 26.0 Å². The van der Waals surface area contributed by atoms with Gasteiger partial charge in [0.15, 0.2) is 0 Å². The highest BCUT2D eigenvalue weighted by molar-refractivity contribution is 7.91. The second-order valence-corrected chi connectivity index (χ2v) is 6.41. The predicted octanol–water partition coefficient (Wildman–Crippen LogP) is 2.45. The number of aryl methyl sites for hydroxylation is 1. The van der Waals surface area contributed by atoms with Crippen molar-refractivity contribution in [3.63, 3.8) is 0 Å². The lowest BCUT2D eigenvalue weighted by Crippen LogP contribution is -2.11. The molecule has 0 amide bonds. The molecule has 0 atom stereocenters. The molecule has 0 fully saturated rings. The molecule has 0 saturated heterocycles. The zero-order valence-corrected chi connectivity index (χ0v) is 11.3. The molecule has 17 heavy (non-hydrogen) atoms. The summed E-state index contributed by atoms with van der Waals surface area (Å²) in [5, 5.41) is 0. The fourth-order valence-corrected chi connectivity index (χ4v) is 2.28. The van der Waals surface area contributed by atoms with Crippen molar-refractivity contribution in [1.29, 1.82) is 0 Å². The quantitative estimate of drug-likeness (QED) is 0.704. The summed E-state index contributed by atoms with van der Waals surface area (Å²) in [6, 6.07) is 7.90. The first kappa shape index (κ1) is 14.0. The molecule has 0 radical (unpaired) electrons. The van der Waals surface area contributed by atoms with E-state index in [0.29, 0.717) is 13.0 Å². The van der Waals surface area contributed by atoms with Gasteiger partial charge in [-0.25, -0.2) is 8.42 Å². The highest BCUT2D eigenvalue weighted by Gasteiger charge is 2.06. The Morgan fingerprint density at radius 3 is 2.29 bits per heavy atom. The molecule has 0 unspecified atom stereocenters. The number of sulfone groups is 1. The maximum atomic E-state index is 11.2. The maximum Gasteiger partial charge on any atom is 0.150 e. The second-order valence-electron chi connectivity index (χ2n) is 3.94. The molecule has 3 nitrogen and oxygen atoms in total. The Morgan fingerprint density at radius 2 is 1.76 bits per heavy atom. The van der Waals surface area contributed by atoms with Crippen LogP contribution in [0.15, 0.2) is 24.3 Å². The van der Waals surface area contributed by atoms with Crippen LogP contribution in [0.1, 0.15) is 25.8 Å². The highest BCUT2D eigenvalue weighted by Crippen LogP contribution is 2.12. The van der Waals surface area contributed by atoms with Crippen molar-refractivity contribution in [2.45, 2.75) is 26.7 Å². The molecule has 0 saturated carbocycles. The largest absolute Gasteiger partial charge is 0.494 e. The third-order valence-corrected chi connectivity index (χ3v) is 4.43. The Balaban J connectivity index is 2.31. The topological polar surface area (TPSA) is 43.4 Å². The summed E-state index contributed by atoms with van der Waals surface area (Å²) in [4.78, 5) is 0. The zero-order valence-electron chi connectivity index (χ0n) is 10.5. The smallest absolute Gasteiger partial charge is 0.150 e. The van der Waals surface area contributed by atoms with Gasteiger partial charge >= 0.3 is 0 Å². The van der Waals surface area contributed by atoms with Crippen LogP contribution in [0.5, 0.6) is 5.75 Å². The Bertz CT molecular complexity index is 420. The Morgan fingerprint density at radius 1 is 1.12 bits per heavy atom. The minimum Gasteiger partial charge on any atom is -0.494 e. The van der Waals surface area contributed by atoms with E-state index in [-0.39, 0.29) is 11.5 Å². The fraction of sp³-hybridized carbons (Fsp3) is 0.538. The van der Waals surface area contributed by atoms with Crippen LogP contribution in [0.2, 0.25) is 0 Å². The Kier molecular flexibility index (Phi) is 5.48. The van der Waals surface area contributed by atoms with Gasteiger partial charge in [0.05, 0.1) is 12.4 Å². The molecule has 96 valence electrons. The van der Waals surface area contributed by atoms with E-state index in [1.807, 2.05) is 24.3 Å². The van der Waals surface area contributed by atoms with Crippen molar-refractivity contribution >= 4 is 9.84 Å². The molecule has 0 N–H and O–H groups in total. The van der Waals surface area contributed by atoms with Gasteiger partial charge in [0.25, 0.3) is 0 Å². The molecule has 0 aromatic heterocycles. The van der Waals surface area contributed by atoms with E-state index >= 15 is 0 Å². The number of rotatable bonds is 7. The molecule has 0 aliphatic rings. The van der Waals surface area contributed by atoms with Gasteiger partial charge in [-0.2, -0.15) is 0 Å². The van der Waals surface area contributed by atoms with Crippen molar-refractivity contribution in [2.24, 2.45) is 0 Å². The van der Waals surface area contributed by atoms with E-state index in [9.17, 15) is 8.42 Å². The van der Waals surface area contributed by atoms with Gasteiger partial charge < -0.3 is 4.74 Å². The van der Waals surface area contributed by atoms with Gasteiger partial charge in [0.1, 0.15) is 15.6 Å². The van der Waals surface area contributed by atoms with E-state index in [1.165, 1.54) is 5.56 Å². The summed E-state index contributed by atoms with van der Waals surface area (Å²) < 4.78 is 28.0. The molecule has 0 spiro atoms. The van der Waals surface area contributed by atoms with Crippen molar-refractivity contribution in [1.82, 2.24) is 0 Å². The third kappa shape index (κ3) is 5.22. The summed E-state index contributed by atoms with van der Waals surface area (Å²) in [5.74, 6) is 1.21. The summed E-state index contributed by atoms with van der Waals surface area (Å²) in [6.07, 6.45) is 1.56. The molecule has 0 bridgehead atoms. The number of hydrogen-bond donors (Lipinski definition) is 0. The van der Waals surface area contributed by atoms with E-state index in [4.69, 9.17) is 4.74 Å². The molecular weight excluding hydrogens is 236 g/mol. The molecular formula is C13H20O3S. The van der Waals surface area contributed by atoms with Crippen LogP contribution in [-0.4, -0.2) is 26.5 Å². The van der Waals surface area contributed by atoms with Crippen LogP contribution in [0.3, 0.4) is 0 Å². The van der Waals surface area contributed by atoms with E-state index in [1.54, 1.807) is 6.92 Å². The average Bonchev–Trinajstić information content (AvgIpc) is 2.35. The van der Waals surface area contributed by atoms with Crippen LogP contribution in [0.25, 0.3) is 0 Å². The van der Waals surface area contributed by atoms with Crippen molar-refractivity contribution in [3.8, 4) is 5.75 Å². The minimum absolute atomic E-state index is 0.205. The number of hydrogen-bond acceptors (Lipinski definition) is 3. The first-order chi connectivity index (χ1) is 8.07. The standard InChI is InChI=1S/C13H20O3S/c1-3-12-6-8-13(9-7-12)16-10-5-11-17(14,15)4-2/h6-9H,3-5,10-11H2,1-2H3. The second kappa shape index (κ2) is 6.64. The van der Waals surface area contributed by atoms with E-state index in [2.05, 4.69) is 6.92 Å². The van der Waals surface area contributed by atoms with Crippen LogP contribution in [0.4, 0.5) is 0 Å². The van der Waals surface area contributed by atoms with Gasteiger partial charge in [-0.15, -0.1) is 0 Å². The lowest BCUT2D eigenvalue weighted by molar-refractivity contribution is 0.317. The first-order valence-corrected chi connectivity index (χ1v) is 7.81. The molecule has 0 heterocycles. The minimum atomic E-state index is -2.86. The molecule has 0 aliphatic carbocycles. The van der Waals surface area contributed by atoms with Gasteiger partial charge in [-0.05, 0) is 30.5 Å². The normalized spacial score (nSPS) is 11.4. The zero-order chi connectivity index (χ0) is 12.7. The highest BCUT2D eigenvalue weighted by atomic mass is 32.2. The molecule has 0 aliphatic heterocycles. The number of ether oxygens (including phenoxy) is 1. The van der Waals surface area contributed by atoms with Crippen LogP contribution in [0, 0.1) is 0 Å². The molecule has 1 aromatic rings. The molecule has 4 heteroatoms. The summed E-state index contributed by atoms with van der Waals surface area (Å²) in [5.41, 5.74) is 1.27. The van der Waals surface area contributed by atoms with Crippen LogP contribution >= 0.6 is 0 Å². The predicted molar refractivity (Wildman–Crippen MR) is 70.3 cm³/mol. The SMILES string of the molecule is CCc1ccc(OCCCS(=O)(=O)CC)cc1. The molecule has 1 aromatic carbocycles. The van der Waals surface area contributed by atoms with E-state index in [0.717, 1.165) is 12.2 Å². The monoisotopic (exact) mass is 256 g/mol.